The van der Waals surface area contributed by atoms with Crippen molar-refractivity contribution in [3.8, 4) is 0 Å². The Labute approximate surface area is 92.5 Å². The second kappa shape index (κ2) is 5.03. The Morgan fingerprint density at radius 2 is 2.07 bits per heavy atom. The zero-order chi connectivity index (χ0) is 10.6. The SMILES string of the molecule is Cc1ccccc1NC(=O)/C(Cl)=C/Cl. The molecule has 0 atom stereocenters. The highest BCUT2D eigenvalue weighted by atomic mass is 35.5. The van der Waals surface area contributed by atoms with Gasteiger partial charge in [-0.25, -0.2) is 0 Å². The van der Waals surface area contributed by atoms with Gasteiger partial charge in [0.2, 0.25) is 0 Å². The van der Waals surface area contributed by atoms with Gasteiger partial charge in [-0.15, -0.1) is 0 Å². The van der Waals surface area contributed by atoms with Crippen LogP contribution in [0.1, 0.15) is 5.56 Å². The van der Waals surface area contributed by atoms with E-state index in [1.807, 2.05) is 25.1 Å². The van der Waals surface area contributed by atoms with E-state index in [0.717, 1.165) is 16.8 Å². The van der Waals surface area contributed by atoms with Crippen LogP contribution in [0.3, 0.4) is 0 Å². The van der Waals surface area contributed by atoms with Gasteiger partial charge >= 0.3 is 0 Å². The van der Waals surface area contributed by atoms with E-state index in [1.54, 1.807) is 6.07 Å². The molecule has 14 heavy (non-hydrogen) atoms. The van der Waals surface area contributed by atoms with E-state index < -0.39 is 5.91 Å². The number of carbonyl (C=O) groups is 1. The van der Waals surface area contributed by atoms with Gasteiger partial charge < -0.3 is 5.32 Å². The largest absolute Gasteiger partial charge is 0.321 e. The number of amides is 1. The Kier molecular flexibility index (Phi) is 3.98. The molecule has 4 heteroatoms. The van der Waals surface area contributed by atoms with Crippen molar-refractivity contribution in [1.82, 2.24) is 0 Å². The van der Waals surface area contributed by atoms with Gasteiger partial charge in [0.25, 0.3) is 5.91 Å². The first kappa shape index (κ1) is 11.1. The molecular formula is C10H9Cl2NO. The molecule has 0 heterocycles. The third-order valence-electron chi connectivity index (χ3n) is 1.71. The Hall–Kier alpha value is -0.990. The molecule has 0 fully saturated rings. The minimum atomic E-state index is -0.407. The molecule has 0 unspecified atom stereocenters. The van der Waals surface area contributed by atoms with Crippen LogP contribution in [0.5, 0.6) is 0 Å². The van der Waals surface area contributed by atoms with Gasteiger partial charge in [-0.3, -0.25) is 4.79 Å². The number of carbonyl (C=O) groups excluding carboxylic acids is 1. The van der Waals surface area contributed by atoms with Crippen LogP contribution in [0.25, 0.3) is 0 Å². The highest BCUT2D eigenvalue weighted by Gasteiger charge is 2.06. The van der Waals surface area contributed by atoms with E-state index in [0.29, 0.717) is 0 Å². The first-order chi connectivity index (χ1) is 6.65. The zero-order valence-corrected chi connectivity index (χ0v) is 9.06. The maximum absolute atomic E-state index is 11.3. The van der Waals surface area contributed by atoms with Crippen molar-refractivity contribution in [2.24, 2.45) is 0 Å². The van der Waals surface area contributed by atoms with Crippen LogP contribution < -0.4 is 5.32 Å². The number of benzene rings is 1. The lowest BCUT2D eigenvalue weighted by atomic mass is 10.2. The highest BCUT2D eigenvalue weighted by molar-refractivity contribution is 6.47. The van der Waals surface area contributed by atoms with Crippen molar-refractivity contribution in [1.29, 1.82) is 0 Å². The molecule has 1 aromatic rings. The third kappa shape index (κ3) is 2.76. The lowest BCUT2D eigenvalue weighted by Crippen LogP contribution is -2.11. The normalized spacial score (nSPS) is 11.2. The van der Waals surface area contributed by atoms with Crippen LogP contribution in [0.15, 0.2) is 34.8 Å². The van der Waals surface area contributed by atoms with Crippen LogP contribution in [0, 0.1) is 6.92 Å². The summed E-state index contributed by atoms with van der Waals surface area (Å²) in [7, 11) is 0. The molecule has 74 valence electrons. The Bertz CT molecular complexity index is 374. The molecule has 2 nitrogen and oxygen atoms in total. The number of para-hydroxylation sites is 1. The number of rotatable bonds is 2. The number of halogens is 2. The maximum Gasteiger partial charge on any atom is 0.268 e. The van der Waals surface area contributed by atoms with Crippen molar-refractivity contribution in [2.45, 2.75) is 6.92 Å². The van der Waals surface area contributed by atoms with E-state index in [2.05, 4.69) is 5.32 Å². The predicted octanol–water partition coefficient (Wildman–Crippen LogP) is 3.25. The molecule has 0 aromatic heterocycles. The van der Waals surface area contributed by atoms with Gasteiger partial charge in [-0.05, 0) is 18.6 Å². The molecule has 0 aliphatic rings. The van der Waals surface area contributed by atoms with E-state index in [-0.39, 0.29) is 5.03 Å². The highest BCUT2D eigenvalue weighted by Crippen LogP contribution is 2.15. The summed E-state index contributed by atoms with van der Waals surface area (Å²) < 4.78 is 0. The molecule has 0 aliphatic heterocycles. The van der Waals surface area contributed by atoms with Crippen LogP contribution >= 0.6 is 23.2 Å². The van der Waals surface area contributed by atoms with Gasteiger partial charge in [-0.1, -0.05) is 41.4 Å². The molecule has 1 aromatic carbocycles. The molecule has 0 saturated heterocycles. The van der Waals surface area contributed by atoms with Crippen LogP contribution in [-0.2, 0) is 4.79 Å². The monoisotopic (exact) mass is 229 g/mol. The summed E-state index contributed by atoms with van der Waals surface area (Å²) in [6.45, 7) is 1.90. The average Bonchev–Trinajstić information content (AvgIpc) is 2.20. The summed E-state index contributed by atoms with van der Waals surface area (Å²) in [4.78, 5) is 11.3. The zero-order valence-electron chi connectivity index (χ0n) is 7.55. The molecule has 1 N–H and O–H groups in total. The topological polar surface area (TPSA) is 29.1 Å². The fourth-order valence-electron chi connectivity index (χ4n) is 0.945. The molecular weight excluding hydrogens is 221 g/mol. The first-order valence-electron chi connectivity index (χ1n) is 3.98. The summed E-state index contributed by atoms with van der Waals surface area (Å²) >= 11 is 10.8. The number of anilines is 1. The lowest BCUT2D eigenvalue weighted by Gasteiger charge is -2.06. The number of hydrogen-bond donors (Lipinski definition) is 1. The standard InChI is InChI=1S/C10H9Cl2NO/c1-7-4-2-3-5-9(7)13-10(14)8(12)6-11/h2-6H,1H3,(H,13,14)/b8-6-. The Balaban J connectivity index is 2.80. The third-order valence-corrected chi connectivity index (χ3v) is 2.32. The number of nitrogens with one attached hydrogen (secondary N) is 1. The Morgan fingerprint density at radius 3 is 2.64 bits per heavy atom. The van der Waals surface area contributed by atoms with Gasteiger partial charge in [0.1, 0.15) is 5.03 Å². The quantitative estimate of drug-likeness (QED) is 0.776. The van der Waals surface area contributed by atoms with Gasteiger partial charge in [0, 0.05) is 11.2 Å². The molecule has 0 aliphatic carbocycles. The second-order valence-electron chi connectivity index (χ2n) is 2.73. The molecule has 1 amide bonds. The van der Waals surface area contributed by atoms with Gasteiger partial charge in [-0.2, -0.15) is 0 Å². The summed E-state index contributed by atoms with van der Waals surface area (Å²) in [6, 6.07) is 7.42. The molecule has 1 rings (SSSR count). The van der Waals surface area contributed by atoms with Crippen LogP contribution in [0.4, 0.5) is 5.69 Å². The molecule has 0 saturated carbocycles. The van der Waals surface area contributed by atoms with Crippen molar-refractivity contribution in [3.05, 3.63) is 40.4 Å². The smallest absolute Gasteiger partial charge is 0.268 e. The van der Waals surface area contributed by atoms with Crippen LogP contribution in [0.2, 0.25) is 0 Å². The summed E-state index contributed by atoms with van der Waals surface area (Å²) in [6.07, 6.45) is 0. The van der Waals surface area contributed by atoms with E-state index in [9.17, 15) is 4.79 Å². The average molecular weight is 230 g/mol. The molecule has 0 radical (unpaired) electrons. The molecule has 0 spiro atoms. The van der Waals surface area contributed by atoms with Crippen molar-refractivity contribution >= 4 is 34.8 Å². The van der Waals surface area contributed by atoms with E-state index in [1.165, 1.54) is 0 Å². The fourth-order valence-corrected chi connectivity index (χ4v) is 1.09. The maximum atomic E-state index is 11.3. The minimum absolute atomic E-state index is 0.0325. The summed E-state index contributed by atoms with van der Waals surface area (Å²) in [5.74, 6) is -0.407. The fraction of sp³-hybridized carbons (Fsp3) is 0.100. The van der Waals surface area contributed by atoms with E-state index >= 15 is 0 Å². The first-order valence-corrected chi connectivity index (χ1v) is 4.79. The predicted molar refractivity (Wildman–Crippen MR) is 59.6 cm³/mol. The van der Waals surface area contributed by atoms with Crippen LogP contribution in [-0.4, -0.2) is 5.91 Å². The lowest BCUT2D eigenvalue weighted by molar-refractivity contribution is -0.112. The minimum Gasteiger partial charge on any atom is -0.321 e. The molecule has 0 bridgehead atoms. The van der Waals surface area contributed by atoms with E-state index in [4.69, 9.17) is 23.2 Å². The second-order valence-corrected chi connectivity index (χ2v) is 3.35. The van der Waals surface area contributed by atoms with Gasteiger partial charge in [0.15, 0.2) is 0 Å². The Morgan fingerprint density at radius 1 is 1.43 bits per heavy atom. The number of aryl methyl sites for hydroxylation is 1. The van der Waals surface area contributed by atoms with Crippen molar-refractivity contribution < 1.29 is 4.79 Å². The van der Waals surface area contributed by atoms with Gasteiger partial charge in [0.05, 0.1) is 0 Å². The number of hydrogen-bond acceptors (Lipinski definition) is 1. The summed E-state index contributed by atoms with van der Waals surface area (Å²) in [5, 5.41) is 2.60. The summed E-state index contributed by atoms with van der Waals surface area (Å²) in [5.41, 5.74) is 2.74. The van der Waals surface area contributed by atoms with Crippen molar-refractivity contribution in [2.75, 3.05) is 5.32 Å². The van der Waals surface area contributed by atoms with Crippen molar-refractivity contribution in [3.63, 3.8) is 0 Å².